The van der Waals surface area contributed by atoms with Crippen LogP contribution in [0, 0.1) is 0 Å². The van der Waals surface area contributed by atoms with Crippen LogP contribution in [0.15, 0.2) is 77.9 Å². The lowest BCUT2D eigenvalue weighted by molar-refractivity contribution is -0.118. The van der Waals surface area contributed by atoms with Crippen molar-refractivity contribution in [2.45, 2.75) is 19.1 Å². The number of thioether (sulfide) groups is 1. The zero-order valence-corrected chi connectivity index (χ0v) is 17.9. The molecule has 5 heteroatoms. The number of ether oxygens (including phenoxy) is 1. The molecule has 0 spiro atoms. The summed E-state index contributed by atoms with van der Waals surface area (Å²) in [6, 6.07) is 24.5. The van der Waals surface area contributed by atoms with E-state index in [9.17, 15) is 4.79 Å². The monoisotopic (exact) mass is 416 g/mol. The van der Waals surface area contributed by atoms with Gasteiger partial charge in [0.15, 0.2) is 0 Å². The molecule has 30 heavy (non-hydrogen) atoms. The molecule has 1 aliphatic rings. The van der Waals surface area contributed by atoms with Crippen LogP contribution in [-0.2, 0) is 4.79 Å². The zero-order valence-electron chi connectivity index (χ0n) is 17.1. The van der Waals surface area contributed by atoms with Crippen molar-refractivity contribution in [3.05, 3.63) is 89.5 Å². The van der Waals surface area contributed by atoms with Crippen LogP contribution in [0.2, 0.25) is 0 Å². The largest absolute Gasteiger partial charge is 0.494 e. The van der Waals surface area contributed by atoms with Crippen molar-refractivity contribution < 1.29 is 9.53 Å². The molecule has 152 valence electrons. The van der Waals surface area contributed by atoms with Gasteiger partial charge in [-0.05, 0) is 65.9 Å². The fourth-order valence-corrected chi connectivity index (χ4v) is 4.80. The molecule has 0 aliphatic heterocycles. The van der Waals surface area contributed by atoms with Crippen molar-refractivity contribution in [3.63, 3.8) is 0 Å². The van der Waals surface area contributed by atoms with Crippen molar-refractivity contribution >= 4 is 23.4 Å². The van der Waals surface area contributed by atoms with Crippen molar-refractivity contribution in [1.29, 1.82) is 0 Å². The van der Waals surface area contributed by atoms with Crippen LogP contribution in [0.3, 0.4) is 0 Å². The van der Waals surface area contributed by atoms with E-state index in [0.717, 1.165) is 17.0 Å². The van der Waals surface area contributed by atoms with Gasteiger partial charge in [-0.25, -0.2) is 5.43 Å². The Morgan fingerprint density at radius 2 is 1.57 bits per heavy atom. The average molecular weight is 417 g/mol. The van der Waals surface area contributed by atoms with Crippen LogP contribution in [0.4, 0.5) is 0 Å². The van der Waals surface area contributed by atoms with Gasteiger partial charge in [0.05, 0.1) is 23.3 Å². The molecule has 1 amide bonds. The lowest BCUT2D eigenvalue weighted by Gasteiger charge is -2.12. The summed E-state index contributed by atoms with van der Waals surface area (Å²) in [7, 11) is 0. The summed E-state index contributed by atoms with van der Waals surface area (Å²) in [5, 5.41) is 4.43. The second kappa shape index (κ2) is 9.18. The predicted molar refractivity (Wildman–Crippen MR) is 124 cm³/mol. The topological polar surface area (TPSA) is 50.7 Å². The highest BCUT2D eigenvalue weighted by Crippen LogP contribution is 2.49. The number of nitrogens with zero attached hydrogens (tertiary/aromatic N) is 1. The highest BCUT2D eigenvalue weighted by atomic mass is 32.2. The lowest BCUT2D eigenvalue weighted by atomic mass is 10.1. The van der Waals surface area contributed by atoms with E-state index in [-0.39, 0.29) is 11.2 Å². The van der Waals surface area contributed by atoms with Gasteiger partial charge in [0.1, 0.15) is 5.75 Å². The molecule has 3 aromatic carbocycles. The minimum Gasteiger partial charge on any atom is -0.494 e. The summed E-state index contributed by atoms with van der Waals surface area (Å²) >= 11 is 1.63. The third-order valence-corrected chi connectivity index (χ3v) is 6.36. The number of nitrogens with one attached hydrogen (secondary N) is 1. The van der Waals surface area contributed by atoms with Crippen LogP contribution in [0.1, 0.15) is 35.8 Å². The molecule has 0 radical (unpaired) electrons. The minimum absolute atomic E-state index is 0.104. The lowest BCUT2D eigenvalue weighted by Crippen LogP contribution is -2.21. The van der Waals surface area contributed by atoms with Gasteiger partial charge in [-0.15, -0.1) is 11.8 Å². The Morgan fingerprint density at radius 3 is 2.17 bits per heavy atom. The van der Waals surface area contributed by atoms with Crippen LogP contribution in [0.25, 0.3) is 11.1 Å². The Labute approximate surface area is 181 Å². The maximum atomic E-state index is 12.4. The van der Waals surface area contributed by atoms with E-state index < -0.39 is 0 Å². The Hall–Kier alpha value is -3.05. The maximum absolute atomic E-state index is 12.4. The molecular weight excluding hydrogens is 392 g/mol. The maximum Gasteiger partial charge on any atom is 0.250 e. The summed E-state index contributed by atoms with van der Waals surface area (Å²) in [6.07, 6.45) is 0. The first kappa shape index (κ1) is 20.2. The number of hydrogen-bond acceptors (Lipinski definition) is 4. The normalized spacial score (nSPS) is 12.9. The van der Waals surface area contributed by atoms with Gasteiger partial charge in [-0.3, -0.25) is 4.79 Å². The highest BCUT2D eigenvalue weighted by molar-refractivity contribution is 8.00. The Balaban J connectivity index is 1.39. The molecule has 0 saturated heterocycles. The van der Waals surface area contributed by atoms with E-state index in [2.05, 4.69) is 59.1 Å². The minimum atomic E-state index is -0.104. The second-order valence-electron chi connectivity index (χ2n) is 7.06. The van der Waals surface area contributed by atoms with E-state index in [0.29, 0.717) is 12.4 Å². The number of amides is 1. The van der Waals surface area contributed by atoms with Crippen LogP contribution in [0.5, 0.6) is 5.75 Å². The molecule has 0 heterocycles. The molecule has 3 aromatic rings. The van der Waals surface area contributed by atoms with Crippen molar-refractivity contribution in [2.75, 3.05) is 12.4 Å². The van der Waals surface area contributed by atoms with Crippen molar-refractivity contribution in [3.8, 4) is 16.9 Å². The standard InChI is InChI=1S/C25H24N2O2S/c1-3-29-19-14-12-18(13-15-19)17(2)26-27-24(28)16-30-25-22-10-6-4-8-20(22)21-9-5-7-11-23(21)25/h4-15,25H,3,16H2,1-2H3,(H,27,28)/b26-17-. The first-order chi connectivity index (χ1) is 14.7. The Bertz CT molecular complexity index is 1030. The number of carbonyl (C=O) groups is 1. The Kier molecular flexibility index (Phi) is 6.19. The van der Waals surface area contributed by atoms with Crippen LogP contribution < -0.4 is 10.2 Å². The van der Waals surface area contributed by atoms with Gasteiger partial charge in [-0.2, -0.15) is 5.10 Å². The molecule has 0 unspecified atom stereocenters. The quantitative estimate of drug-likeness (QED) is 0.413. The number of hydrazone groups is 1. The fraction of sp³-hybridized carbons (Fsp3) is 0.200. The summed E-state index contributed by atoms with van der Waals surface area (Å²) < 4.78 is 5.46. The molecule has 4 nitrogen and oxygen atoms in total. The molecule has 1 N–H and O–H groups in total. The van der Waals surface area contributed by atoms with Crippen molar-refractivity contribution in [2.24, 2.45) is 5.10 Å². The molecule has 0 fully saturated rings. The van der Waals surface area contributed by atoms with E-state index in [1.165, 1.54) is 22.3 Å². The SMILES string of the molecule is CCOc1ccc(/C(C)=N\NC(=O)CSC2c3ccccc3-c3ccccc32)cc1. The third kappa shape index (κ3) is 4.26. The average Bonchev–Trinajstić information content (AvgIpc) is 3.10. The second-order valence-corrected chi connectivity index (χ2v) is 8.15. The number of benzene rings is 3. The predicted octanol–water partition coefficient (Wildman–Crippen LogP) is 5.43. The molecule has 1 aliphatic carbocycles. The third-order valence-electron chi connectivity index (χ3n) is 5.09. The summed E-state index contributed by atoms with van der Waals surface area (Å²) in [4.78, 5) is 12.4. The van der Waals surface area contributed by atoms with Gasteiger partial charge < -0.3 is 4.74 Å². The van der Waals surface area contributed by atoms with E-state index in [4.69, 9.17) is 4.74 Å². The summed E-state index contributed by atoms with van der Waals surface area (Å²) in [6.45, 7) is 4.47. The number of carbonyl (C=O) groups excluding carboxylic acids is 1. The molecule has 0 atom stereocenters. The molecule has 0 aromatic heterocycles. The number of fused-ring (bicyclic) bond motifs is 3. The van der Waals surface area contributed by atoms with Gasteiger partial charge in [0, 0.05) is 0 Å². The molecule has 4 rings (SSSR count). The van der Waals surface area contributed by atoms with Crippen LogP contribution >= 0.6 is 11.8 Å². The summed E-state index contributed by atoms with van der Waals surface area (Å²) in [5.74, 6) is 1.06. The van der Waals surface area contributed by atoms with Gasteiger partial charge >= 0.3 is 0 Å². The molecular formula is C25H24N2O2S. The zero-order chi connectivity index (χ0) is 20.9. The fourth-order valence-electron chi connectivity index (χ4n) is 3.65. The molecule has 0 saturated carbocycles. The molecule has 0 bridgehead atoms. The summed E-state index contributed by atoms with van der Waals surface area (Å²) in [5.41, 5.74) is 9.45. The first-order valence-electron chi connectivity index (χ1n) is 10.0. The highest BCUT2D eigenvalue weighted by Gasteiger charge is 2.28. The smallest absolute Gasteiger partial charge is 0.250 e. The van der Waals surface area contributed by atoms with Gasteiger partial charge in [0.25, 0.3) is 0 Å². The Morgan fingerprint density at radius 1 is 0.967 bits per heavy atom. The van der Waals surface area contributed by atoms with Gasteiger partial charge in [0.2, 0.25) is 5.91 Å². The van der Waals surface area contributed by atoms with E-state index >= 15 is 0 Å². The van der Waals surface area contributed by atoms with Gasteiger partial charge in [-0.1, -0.05) is 48.5 Å². The van der Waals surface area contributed by atoms with Crippen LogP contribution in [-0.4, -0.2) is 24.0 Å². The first-order valence-corrected chi connectivity index (χ1v) is 11.1. The van der Waals surface area contributed by atoms with E-state index in [1.54, 1.807) is 11.8 Å². The van der Waals surface area contributed by atoms with E-state index in [1.807, 2.05) is 38.1 Å². The number of hydrogen-bond donors (Lipinski definition) is 1. The number of rotatable bonds is 7. The van der Waals surface area contributed by atoms with Crippen molar-refractivity contribution in [1.82, 2.24) is 5.43 Å².